The first-order valence-corrected chi connectivity index (χ1v) is 18.4. The summed E-state index contributed by atoms with van der Waals surface area (Å²) in [5, 5.41) is 0. The maximum atomic E-state index is 7.06. The van der Waals surface area contributed by atoms with Gasteiger partial charge in [-0.2, -0.15) is 4.52 Å². The SMILES string of the molecule is CC(C)(C)C1=CC(C(C)(C)C)C(O[PH+](Oc2ccc(C(C)(C)C)cc2C(C)(C)C)Oc2ccc(C(C)(C)C)cc2C(C)(C)C)C=C1. The van der Waals surface area contributed by atoms with Crippen LogP contribution in [-0.4, -0.2) is 6.10 Å². The largest absolute Gasteiger partial charge is 0.486 e. The Balaban J connectivity index is 2.17. The van der Waals surface area contributed by atoms with E-state index in [0.29, 0.717) is 0 Å². The molecule has 46 heavy (non-hydrogen) atoms. The van der Waals surface area contributed by atoms with Gasteiger partial charge in [-0.1, -0.05) is 167 Å². The minimum absolute atomic E-state index is 0.0191. The average Bonchev–Trinajstić information content (AvgIpc) is 2.85. The predicted octanol–water partition coefficient (Wildman–Crippen LogP) is 12.9. The normalized spacial score (nSPS) is 18.5. The Kier molecular flexibility index (Phi) is 10.9. The molecule has 0 amide bonds. The lowest BCUT2D eigenvalue weighted by atomic mass is 9.71. The Labute approximate surface area is 284 Å². The van der Waals surface area contributed by atoms with Crippen LogP contribution in [0.15, 0.2) is 60.2 Å². The molecular weight excluding hydrogens is 583 g/mol. The smallest absolute Gasteiger partial charge is 0.279 e. The van der Waals surface area contributed by atoms with Gasteiger partial charge in [-0.3, -0.25) is 9.05 Å². The van der Waals surface area contributed by atoms with E-state index in [1.54, 1.807) is 0 Å². The molecule has 2 unspecified atom stereocenters. The van der Waals surface area contributed by atoms with Crippen molar-refractivity contribution in [3.8, 4) is 11.5 Å². The van der Waals surface area contributed by atoms with E-state index in [4.69, 9.17) is 13.6 Å². The van der Waals surface area contributed by atoms with E-state index in [1.807, 2.05) is 0 Å². The zero-order chi connectivity index (χ0) is 35.3. The van der Waals surface area contributed by atoms with Crippen LogP contribution in [0.1, 0.15) is 147 Å². The van der Waals surface area contributed by atoms with Crippen molar-refractivity contribution in [3.63, 3.8) is 0 Å². The van der Waals surface area contributed by atoms with Crippen molar-refractivity contribution in [2.24, 2.45) is 16.7 Å². The van der Waals surface area contributed by atoms with Crippen LogP contribution < -0.4 is 9.05 Å². The molecule has 1 aliphatic rings. The van der Waals surface area contributed by atoms with Gasteiger partial charge in [0.1, 0.15) is 6.10 Å². The molecule has 0 saturated heterocycles. The van der Waals surface area contributed by atoms with Gasteiger partial charge in [-0.25, -0.2) is 0 Å². The molecule has 2 aromatic carbocycles. The molecule has 3 nitrogen and oxygen atoms in total. The summed E-state index contributed by atoms with van der Waals surface area (Å²) in [5.41, 5.74) is 6.07. The highest BCUT2D eigenvalue weighted by Crippen LogP contribution is 2.51. The molecule has 0 spiro atoms. The summed E-state index contributed by atoms with van der Waals surface area (Å²) in [6, 6.07) is 13.3. The maximum Gasteiger partial charge on any atom is 0.486 e. The van der Waals surface area contributed by atoms with E-state index in [2.05, 4.69) is 179 Å². The van der Waals surface area contributed by atoms with Crippen LogP contribution in [0.3, 0.4) is 0 Å². The average molecular weight is 650 g/mol. The first kappa shape index (κ1) is 38.4. The summed E-state index contributed by atoms with van der Waals surface area (Å²) in [4.78, 5) is 0. The minimum atomic E-state index is -2.33. The van der Waals surface area contributed by atoms with E-state index < -0.39 is 8.60 Å². The van der Waals surface area contributed by atoms with Crippen LogP contribution in [0.4, 0.5) is 0 Å². The van der Waals surface area contributed by atoms with Gasteiger partial charge in [0.05, 0.1) is 0 Å². The van der Waals surface area contributed by atoms with Gasteiger partial charge in [0.25, 0.3) is 0 Å². The summed E-state index contributed by atoms with van der Waals surface area (Å²) in [5.74, 6) is 1.82. The molecule has 2 aromatic rings. The van der Waals surface area contributed by atoms with Crippen LogP contribution >= 0.6 is 8.60 Å². The monoisotopic (exact) mass is 649 g/mol. The van der Waals surface area contributed by atoms with E-state index in [9.17, 15) is 0 Å². The molecule has 256 valence electrons. The Morgan fingerprint density at radius 2 is 0.935 bits per heavy atom. The van der Waals surface area contributed by atoms with Crippen molar-refractivity contribution < 1.29 is 13.6 Å². The number of benzene rings is 2. The number of hydrogen-bond donors (Lipinski definition) is 0. The first-order valence-electron chi connectivity index (χ1n) is 17.2. The van der Waals surface area contributed by atoms with Crippen LogP contribution in [0.25, 0.3) is 0 Å². The van der Waals surface area contributed by atoms with Crippen molar-refractivity contribution in [3.05, 3.63) is 82.5 Å². The lowest BCUT2D eigenvalue weighted by Gasteiger charge is -2.37. The lowest BCUT2D eigenvalue weighted by Crippen LogP contribution is -2.34. The topological polar surface area (TPSA) is 27.7 Å². The van der Waals surface area contributed by atoms with Crippen molar-refractivity contribution in [1.29, 1.82) is 0 Å². The number of hydrogen-bond acceptors (Lipinski definition) is 3. The molecule has 0 N–H and O–H groups in total. The Morgan fingerprint density at radius 3 is 1.26 bits per heavy atom. The third-order valence-corrected chi connectivity index (χ3v) is 10.2. The summed E-state index contributed by atoms with van der Waals surface area (Å²) in [7, 11) is -2.33. The molecule has 0 radical (unpaired) electrons. The van der Waals surface area contributed by atoms with E-state index in [1.165, 1.54) is 16.7 Å². The zero-order valence-electron chi connectivity index (χ0n) is 32.6. The molecule has 0 bridgehead atoms. The van der Waals surface area contributed by atoms with Crippen molar-refractivity contribution in [2.45, 2.75) is 152 Å². The van der Waals surface area contributed by atoms with Gasteiger partial charge in [-0.15, -0.1) is 0 Å². The van der Waals surface area contributed by atoms with Crippen molar-refractivity contribution >= 4 is 8.60 Å². The standard InChI is InChI=1S/C42H66O3P/c1-37(2,3)28-19-22-34(31(25-28)40(10,11)12)43-46(44-35-23-20-29(38(4,5)6)26-32(35)41(13,14)15)45-36-24-21-30(39(7,8)9)27-33(36)42(16,17)18/h19-27,31,34,46H,1-18H3/q+1. The van der Waals surface area contributed by atoms with Gasteiger partial charge in [-0.05, 0) is 61.3 Å². The molecule has 3 rings (SSSR count). The molecule has 0 aromatic heterocycles. The van der Waals surface area contributed by atoms with E-state index in [0.717, 1.165) is 22.6 Å². The van der Waals surface area contributed by atoms with Gasteiger partial charge < -0.3 is 0 Å². The Morgan fingerprint density at radius 1 is 0.522 bits per heavy atom. The fraction of sp³-hybridized carbons (Fsp3) is 0.619. The highest BCUT2D eigenvalue weighted by atomic mass is 31.2. The summed E-state index contributed by atoms with van der Waals surface area (Å²) < 4.78 is 21.0. The molecule has 0 aliphatic heterocycles. The van der Waals surface area contributed by atoms with Crippen LogP contribution in [0.5, 0.6) is 11.5 Å². The molecular formula is C42H66O3P+. The minimum Gasteiger partial charge on any atom is -0.279 e. The number of allylic oxidation sites excluding steroid dienone is 2. The predicted molar refractivity (Wildman–Crippen MR) is 202 cm³/mol. The molecule has 0 heterocycles. The van der Waals surface area contributed by atoms with Crippen LogP contribution in [0.2, 0.25) is 0 Å². The van der Waals surface area contributed by atoms with Gasteiger partial charge in [0, 0.05) is 17.0 Å². The van der Waals surface area contributed by atoms with Crippen molar-refractivity contribution in [2.75, 3.05) is 0 Å². The van der Waals surface area contributed by atoms with Gasteiger partial charge in [0.15, 0.2) is 11.5 Å². The summed E-state index contributed by atoms with van der Waals surface area (Å²) in [6.07, 6.45) is 6.71. The maximum absolute atomic E-state index is 7.06. The zero-order valence-corrected chi connectivity index (χ0v) is 33.6. The Hall–Kier alpha value is -2.09. The van der Waals surface area contributed by atoms with Gasteiger partial charge in [0.2, 0.25) is 0 Å². The van der Waals surface area contributed by atoms with Crippen LogP contribution in [-0.2, 0) is 26.2 Å². The fourth-order valence-electron chi connectivity index (χ4n) is 5.72. The van der Waals surface area contributed by atoms with E-state index >= 15 is 0 Å². The quantitative estimate of drug-likeness (QED) is 0.291. The highest BCUT2D eigenvalue weighted by molar-refractivity contribution is 7.42. The lowest BCUT2D eigenvalue weighted by molar-refractivity contribution is 0.113. The number of rotatable bonds is 6. The molecule has 2 atom stereocenters. The molecule has 4 heteroatoms. The first-order chi connectivity index (χ1) is 20.6. The van der Waals surface area contributed by atoms with Gasteiger partial charge >= 0.3 is 8.60 Å². The molecule has 1 aliphatic carbocycles. The third-order valence-electron chi connectivity index (χ3n) is 8.97. The second-order valence-electron chi connectivity index (χ2n) is 19.6. The molecule has 0 fully saturated rings. The fourth-order valence-corrected chi connectivity index (χ4v) is 7.02. The second kappa shape index (κ2) is 13.1. The summed E-state index contributed by atoms with van der Waals surface area (Å²) in [6.45, 7) is 40.7. The third kappa shape index (κ3) is 9.73. The summed E-state index contributed by atoms with van der Waals surface area (Å²) >= 11 is 0. The highest BCUT2D eigenvalue weighted by Gasteiger charge is 2.41. The van der Waals surface area contributed by atoms with Crippen molar-refractivity contribution in [1.82, 2.24) is 0 Å². The van der Waals surface area contributed by atoms with E-state index in [-0.39, 0.29) is 44.5 Å². The molecule has 0 saturated carbocycles. The van der Waals surface area contributed by atoms with Crippen LogP contribution in [0, 0.1) is 16.7 Å². The Bertz CT molecular complexity index is 1340. The second-order valence-corrected chi connectivity index (χ2v) is 20.7.